The Morgan fingerprint density at radius 1 is 1.50 bits per heavy atom. The second-order valence-electron chi connectivity index (χ2n) is 3.39. The lowest BCUT2D eigenvalue weighted by Gasteiger charge is -2.07. The molecular formula is C10H11F3N2O2S. The molecule has 0 aliphatic rings. The van der Waals surface area contributed by atoms with E-state index in [1.54, 1.807) is 0 Å². The van der Waals surface area contributed by atoms with E-state index in [1.807, 2.05) is 0 Å². The minimum Gasteiger partial charge on any atom is -0.351 e. The number of alkyl halides is 3. The van der Waals surface area contributed by atoms with Crippen molar-refractivity contribution in [3.8, 4) is 0 Å². The summed E-state index contributed by atoms with van der Waals surface area (Å²) in [6, 6.07) is 2.84. The number of aromatic nitrogens is 1. The Labute approximate surface area is 105 Å². The number of rotatable bonds is 4. The van der Waals surface area contributed by atoms with Crippen LogP contribution in [0.1, 0.15) is 10.4 Å². The maximum Gasteiger partial charge on any atom is 0.441 e. The van der Waals surface area contributed by atoms with Gasteiger partial charge < -0.3 is 9.88 Å². The number of carbonyl (C=O) groups is 1. The number of hydrogen-bond acceptors (Lipinski definition) is 3. The van der Waals surface area contributed by atoms with Crippen molar-refractivity contribution in [1.29, 1.82) is 0 Å². The number of aryl methyl sites for hydroxylation is 1. The van der Waals surface area contributed by atoms with Gasteiger partial charge in [-0.05, 0) is 23.9 Å². The van der Waals surface area contributed by atoms with E-state index >= 15 is 0 Å². The van der Waals surface area contributed by atoms with E-state index in [2.05, 4.69) is 5.32 Å². The summed E-state index contributed by atoms with van der Waals surface area (Å²) in [5, 5.41) is 2.27. The van der Waals surface area contributed by atoms with Gasteiger partial charge in [0.2, 0.25) is 0 Å². The normalized spacial score (nSPS) is 11.3. The standard InChI is InChI=1S/C10H11F3N2O2S/c1-15-5-2-3-7(9(15)17)8(16)14-4-6-18-10(11,12)13/h2-3,5H,4,6H2,1H3,(H,14,16). The molecule has 0 aliphatic heterocycles. The fourth-order valence-corrected chi connectivity index (χ4v) is 1.63. The molecule has 0 spiro atoms. The molecule has 0 saturated carbocycles. The van der Waals surface area contributed by atoms with Gasteiger partial charge in [0.25, 0.3) is 11.5 Å². The third-order valence-electron chi connectivity index (χ3n) is 2.02. The van der Waals surface area contributed by atoms with E-state index in [4.69, 9.17) is 0 Å². The van der Waals surface area contributed by atoms with Gasteiger partial charge in [-0.2, -0.15) is 13.2 Å². The molecule has 1 amide bonds. The molecule has 1 aromatic heterocycles. The van der Waals surface area contributed by atoms with Gasteiger partial charge in [0.05, 0.1) is 0 Å². The lowest BCUT2D eigenvalue weighted by molar-refractivity contribution is -0.0327. The van der Waals surface area contributed by atoms with Crippen LogP contribution in [0.5, 0.6) is 0 Å². The highest BCUT2D eigenvalue weighted by Gasteiger charge is 2.27. The van der Waals surface area contributed by atoms with Crippen LogP contribution in [0, 0.1) is 0 Å². The van der Waals surface area contributed by atoms with E-state index in [9.17, 15) is 22.8 Å². The minimum atomic E-state index is -4.31. The Hall–Kier alpha value is -1.44. The van der Waals surface area contributed by atoms with E-state index < -0.39 is 17.0 Å². The van der Waals surface area contributed by atoms with Gasteiger partial charge in [-0.3, -0.25) is 9.59 Å². The summed E-state index contributed by atoms with van der Waals surface area (Å²) in [5.41, 5.74) is -4.89. The van der Waals surface area contributed by atoms with Crippen LogP contribution in [0.2, 0.25) is 0 Å². The maximum absolute atomic E-state index is 11.8. The third kappa shape index (κ3) is 4.44. The molecule has 1 N–H and O–H groups in total. The van der Waals surface area contributed by atoms with Gasteiger partial charge in [-0.1, -0.05) is 0 Å². The molecule has 4 nitrogen and oxygen atoms in total. The van der Waals surface area contributed by atoms with Crippen molar-refractivity contribution < 1.29 is 18.0 Å². The molecule has 1 aromatic rings. The van der Waals surface area contributed by atoms with Gasteiger partial charge in [-0.25, -0.2) is 0 Å². The summed E-state index contributed by atoms with van der Waals surface area (Å²) in [6.45, 7) is -0.152. The van der Waals surface area contributed by atoms with Crippen LogP contribution in [0.25, 0.3) is 0 Å². The first-order valence-corrected chi connectivity index (χ1v) is 5.94. The highest BCUT2D eigenvalue weighted by molar-refractivity contribution is 8.00. The van der Waals surface area contributed by atoms with Crippen molar-refractivity contribution in [2.24, 2.45) is 7.05 Å². The molecule has 1 rings (SSSR count). The lowest BCUT2D eigenvalue weighted by atomic mass is 10.2. The Morgan fingerprint density at radius 2 is 2.17 bits per heavy atom. The smallest absolute Gasteiger partial charge is 0.351 e. The van der Waals surface area contributed by atoms with E-state index in [0.29, 0.717) is 0 Å². The Kier molecular flexibility index (Phi) is 4.83. The molecule has 18 heavy (non-hydrogen) atoms. The first-order valence-electron chi connectivity index (χ1n) is 4.96. The van der Waals surface area contributed by atoms with Crippen LogP contribution < -0.4 is 10.9 Å². The predicted molar refractivity (Wildman–Crippen MR) is 62.5 cm³/mol. The Bertz CT molecular complexity index is 485. The first-order chi connectivity index (χ1) is 8.31. The summed E-state index contributed by atoms with van der Waals surface area (Å²) in [7, 11) is 1.48. The molecule has 100 valence electrons. The highest BCUT2D eigenvalue weighted by Crippen LogP contribution is 2.29. The number of hydrogen-bond donors (Lipinski definition) is 1. The zero-order valence-electron chi connectivity index (χ0n) is 9.45. The first kappa shape index (κ1) is 14.6. The summed E-state index contributed by atoms with van der Waals surface area (Å²) in [4.78, 5) is 23.0. The zero-order valence-corrected chi connectivity index (χ0v) is 10.3. The molecule has 0 atom stereocenters. The molecule has 1 heterocycles. The minimum absolute atomic E-state index is 0.0861. The maximum atomic E-state index is 11.8. The van der Waals surface area contributed by atoms with Gasteiger partial charge >= 0.3 is 5.51 Å². The van der Waals surface area contributed by atoms with Crippen LogP contribution >= 0.6 is 11.8 Å². The van der Waals surface area contributed by atoms with Crippen molar-refractivity contribution in [1.82, 2.24) is 9.88 Å². The number of pyridine rings is 1. The zero-order chi connectivity index (χ0) is 13.8. The summed E-state index contributed by atoms with van der Waals surface area (Å²) >= 11 is -0.220. The van der Waals surface area contributed by atoms with Crippen molar-refractivity contribution in [3.63, 3.8) is 0 Å². The van der Waals surface area contributed by atoms with Gasteiger partial charge in [0.1, 0.15) is 5.56 Å². The predicted octanol–water partition coefficient (Wildman–Crippen LogP) is 1.37. The van der Waals surface area contributed by atoms with Gasteiger partial charge in [-0.15, -0.1) is 0 Å². The van der Waals surface area contributed by atoms with Crippen molar-refractivity contribution in [3.05, 3.63) is 34.2 Å². The molecule has 0 unspecified atom stereocenters. The summed E-state index contributed by atoms with van der Waals surface area (Å²) in [5.74, 6) is -0.957. The van der Waals surface area contributed by atoms with Crippen molar-refractivity contribution in [2.45, 2.75) is 5.51 Å². The fraction of sp³-hybridized carbons (Fsp3) is 0.400. The highest BCUT2D eigenvalue weighted by atomic mass is 32.2. The van der Waals surface area contributed by atoms with E-state index in [-0.39, 0.29) is 29.6 Å². The topological polar surface area (TPSA) is 51.1 Å². The monoisotopic (exact) mass is 280 g/mol. The molecule has 0 aromatic carbocycles. The fourth-order valence-electron chi connectivity index (χ4n) is 1.20. The molecule has 0 bridgehead atoms. The Balaban J connectivity index is 2.52. The molecule has 0 radical (unpaired) electrons. The van der Waals surface area contributed by atoms with Crippen LogP contribution in [0.15, 0.2) is 23.1 Å². The van der Waals surface area contributed by atoms with Crippen molar-refractivity contribution in [2.75, 3.05) is 12.3 Å². The molecule has 0 saturated heterocycles. The van der Waals surface area contributed by atoms with Crippen LogP contribution in [-0.2, 0) is 7.05 Å². The number of nitrogens with zero attached hydrogens (tertiary/aromatic N) is 1. The number of halogens is 3. The summed E-state index contributed by atoms with van der Waals surface area (Å²) < 4.78 is 36.7. The Morgan fingerprint density at radius 3 is 2.78 bits per heavy atom. The van der Waals surface area contributed by atoms with Crippen LogP contribution in [0.3, 0.4) is 0 Å². The number of carbonyl (C=O) groups excluding carboxylic acids is 1. The number of nitrogens with one attached hydrogen (secondary N) is 1. The SMILES string of the molecule is Cn1cccc(C(=O)NCCSC(F)(F)F)c1=O. The van der Waals surface area contributed by atoms with Gasteiger partial charge in [0, 0.05) is 25.5 Å². The molecule has 0 fully saturated rings. The van der Waals surface area contributed by atoms with Gasteiger partial charge in [0.15, 0.2) is 0 Å². The second kappa shape index (κ2) is 5.94. The molecular weight excluding hydrogens is 269 g/mol. The lowest BCUT2D eigenvalue weighted by Crippen LogP contribution is -2.33. The summed E-state index contributed by atoms with van der Waals surface area (Å²) in [6.07, 6.45) is 1.48. The number of thioether (sulfide) groups is 1. The van der Waals surface area contributed by atoms with E-state index in [0.717, 1.165) is 0 Å². The molecule has 8 heteroatoms. The van der Waals surface area contributed by atoms with Crippen molar-refractivity contribution >= 4 is 17.7 Å². The van der Waals surface area contributed by atoms with E-state index in [1.165, 1.54) is 29.9 Å². The molecule has 0 aliphatic carbocycles. The van der Waals surface area contributed by atoms with Crippen LogP contribution in [-0.4, -0.2) is 28.3 Å². The second-order valence-corrected chi connectivity index (χ2v) is 4.55. The van der Waals surface area contributed by atoms with Crippen LogP contribution in [0.4, 0.5) is 13.2 Å². The average molecular weight is 280 g/mol. The third-order valence-corrected chi connectivity index (χ3v) is 2.76. The average Bonchev–Trinajstić information content (AvgIpc) is 2.26. The number of amides is 1. The quantitative estimate of drug-likeness (QED) is 0.847. The largest absolute Gasteiger partial charge is 0.441 e.